The molecule has 1 amide bonds. The summed E-state index contributed by atoms with van der Waals surface area (Å²) in [7, 11) is 0. The number of halogens is 2. The summed E-state index contributed by atoms with van der Waals surface area (Å²) in [4.78, 5) is 11.8. The monoisotopic (exact) mass is 267 g/mol. The number of hydrogen-bond acceptors (Lipinski definition) is 4. The molecule has 100 valence electrons. The molecule has 0 radical (unpaired) electrons. The SMILES string of the molecule is Cc1noc(NC(=O)c2cc(N)c(F)cc2F)c1C. The van der Waals surface area contributed by atoms with Crippen LogP contribution in [0.15, 0.2) is 16.7 Å². The fraction of sp³-hybridized carbons (Fsp3) is 0.167. The number of nitrogens with one attached hydrogen (secondary N) is 1. The number of rotatable bonds is 2. The first-order chi connectivity index (χ1) is 8.90. The molecule has 0 saturated heterocycles. The molecule has 3 N–H and O–H groups in total. The fourth-order valence-electron chi connectivity index (χ4n) is 1.44. The zero-order valence-electron chi connectivity index (χ0n) is 10.3. The van der Waals surface area contributed by atoms with Crippen LogP contribution in [-0.4, -0.2) is 11.1 Å². The second kappa shape index (κ2) is 4.68. The van der Waals surface area contributed by atoms with Crippen molar-refractivity contribution >= 4 is 17.5 Å². The molecule has 0 atom stereocenters. The third-order valence-corrected chi connectivity index (χ3v) is 2.72. The summed E-state index contributed by atoms with van der Waals surface area (Å²) in [5.41, 5.74) is 5.86. The summed E-state index contributed by atoms with van der Waals surface area (Å²) in [6.07, 6.45) is 0. The van der Waals surface area contributed by atoms with Crippen molar-refractivity contribution in [1.29, 1.82) is 0 Å². The zero-order chi connectivity index (χ0) is 14.2. The minimum Gasteiger partial charge on any atom is -0.396 e. The lowest BCUT2D eigenvalue weighted by atomic mass is 10.1. The van der Waals surface area contributed by atoms with Gasteiger partial charge in [-0.1, -0.05) is 5.16 Å². The molecule has 0 unspecified atom stereocenters. The van der Waals surface area contributed by atoms with E-state index in [2.05, 4.69) is 10.5 Å². The van der Waals surface area contributed by atoms with Gasteiger partial charge in [-0.15, -0.1) is 0 Å². The molecule has 0 aliphatic carbocycles. The Morgan fingerprint density at radius 3 is 2.58 bits per heavy atom. The van der Waals surface area contributed by atoms with Gasteiger partial charge in [0.2, 0.25) is 5.88 Å². The van der Waals surface area contributed by atoms with Crippen molar-refractivity contribution in [2.75, 3.05) is 11.1 Å². The van der Waals surface area contributed by atoms with Crippen LogP contribution < -0.4 is 11.1 Å². The maximum atomic E-state index is 13.5. The second-order valence-electron chi connectivity index (χ2n) is 4.03. The molecule has 0 saturated carbocycles. The number of anilines is 2. The lowest BCUT2D eigenvalue weighted by Crippen LogP contribution is -2.15. The van der Waals surface area contributed by atoms with E-state index in [0.29, 0.717) is 17.3 Å². The number of nitrogens with two attached hydrogens (primary N) is 1. The summed E-state index contributed by atoms with van der Waals surface area (Å²) in [6.45, 7) is 3.39. The summed E-state index contributed by atoms with van der Waals surface area (Å²) >= 11 is 0. The predicted molar refractivity (Wildman–Crippen MR) is 64.7 cm³/mol. The molecule has 2 aromatic rings. The van der Waals surface area contributed by atoms with Gasteiger partial charge in [-0.2, -0.15) is 0 Å². The lowest BCUT2D eigenvalue weighted by Gasteiger charge is -2.05. The van der Waals surface area contributed by atoms with Crippen molar-refractivity contribution in [1.82, 2.24) is 5.16 Å². The number of aromatic nitrogens is 1. The number of benzene rings is 1. The summed E-state index contributed by atoms with van der Waals surface area (Å²) in [5.74, 6) is -2.59. The Morgan fingerprint density at radius 1 is 1.32 bits per heavy atom. The molecule has 5 nitrogen and oxygen atoms in total. The Labute approximate surface area is 107 Å². The van der Waals surface area contributed by atoms with Gasteiger partial charge in [0.1, 0.15) is 11.6 Å². The Hall–Kier alpha value is -2.44. The molecule has 1 aromatic heterocycles. The van der Waals surface area contributed by atoms with Gasteiger partial charge >= 0.3 is 0 Å². The third-order valence-electron chi connectivity index (χ3n) is 2.72. The minimum absolute atomic E-state index is 0.116. The van der Waals surface area contributed by atoms with Crippen LogP contribution in [0.5, 0.6) is 0 Å². The Balaban J connectivity index is 2.30. The molecule has 0 spiro atoms. The Morgan fingerprint density at radius 2 is 2.00 bits per heavy atom. The van der Waals surface area contributed by atoms with E-state index in [1.807, 2.05) is 0 Å². The van der Waals surface area contributed by atoms with Gasteiger partial charge in [0.05, 0.1) is 16.9 Å². The van der Waals surface area contributed by atoms with Crippen LogP contribution in [0.25, 0.3) is 0 Å². The van der Waals surface area contributed by atoms with Crippen molar-refractivity contribution < 1.29 is 18.1 Å². The highest BCUT2D eigenvalue weighted by atomic mass is 19.1. The average Bonchev–Trinajstić information content (AvgIpc) is 2.65. The van der Waals surface area contributed by atoms with Gasteiger partial charge < -0.3 is 10.3 Å². The zero-order valence-corrected chi connectivity index (χ0v) is 10.3. The molecule has 2 rings (SSSR count). The first kappa shape index (κ1) is 13.0. The van der Waals surface area contributed by atoms with E-state index in [-0.39, 0.29) is 17.1 Å². The van der Waals surface area contributed by atoms with E-state index in [9.17, 15) is 13.6 Å². The van der Waals surface area contributed by atoms with E-state index >= 15 is 0 Å². The van der Waals surface area contributed by atoms with Crippen LogP contribution in [-0.2, 0) is 0 Å². The van der Waals surface area contributed by atoms with Crippen molar-refractivity contribution in [3.8, 4) is 0 Å². The molecule has 19 heavy (non-hydrogen) atoms. The summed E-state index contributed by atoms with van der Waals surface area (Å²) in [5, 5.41) is 6.00. The van der Waals surface area contributed by atoms with Gasteiger partial charge in [-0.25, -0.2) is 8.78 Å². The third kappa shape index (κ3) is 2.40. The molecule has 0 aliphatic rings. The number of carbonyl (C=O) groups excluding carboxylic acids is 1. The Kier molecular flexibility index (Phi) is 3.20. The molecular formula is C12H11F2N3O2. The van der Waals surface area contributed by atoms with Crippen LogP contribution >= 0.6 is 0 Å². The average molecular weight is 267 g/mol. The summed E-state index contributed by atoms with van der Waals surface area (Å²) in [6, 6.07) is 1.49. The number of nitrogens with zero attached hydrogens (tertiary/aromatic N) is 1. The molecule has 1 heterocycles. The highest BCUT2D eigenvalue weighted by Crippen LogP contribution is 2.21. The maximum Gasteiger partial charge on any atom is 0.261 e. The molecule has 1 aromatic carbocycles. The fourth-order valence-corrected chi connectivity index (χ4v) is 1.44. The number of hydrogen-bond donors (Lipinski definition) is 2. The summed E-state index contributed by atoms with van der Waals surface area (Å²) < 4.78 is 31.4. The highest BCUT2D eigenvalue weighted by Gasteiger charge is 2.18. The topological polar surface area (TPSA) is 81.2 Å². The maximum absolute atomic E-state index is 13.5. The molecule has 0 bridgehead atoms. The van der Waals surface area contributed by atoms with E-state index in [1.54, 1.807) is 13.8 Å². The van der Waals surface area contributed by atoms with Gasteiger partial charge in [-0.05, 0) is 19.9 Å². The van der Waals surface area contributed by atoms with Crippen molar-refractivity contribution in [3.05, 3.63) is 40.6 Å². The smallest absolute Gasteiger partial charge is 0.261 e. The molecule has 0 aliphatic heterocycles. The van der Waals surface area contributed by atoms with Gasteiger partial charge in [0, 0.05) is 11.6 Å². The molecule has 7 heteroatoms. The normalized spacial score (nSPS) is 10.5. The first-order valence-corrected chi connectivity index (χ1v) is 5.39. The number of nitrogen functional groups attached to an aromatic ring is 1. The van der Waals surface area contributed by atoms with Crippen LogP contribution in [0.1, 0.15) is 21.6 Å². The van der Waals surface area contributed by atoms with Gasteiger partial charge in [0.25, 0.3) is 5.91 Å². The standard InChI is InChI=1S/C12H11F2N3O2/c1-5-6(2)17-19-12(5)16-11(18)7-3-10(15)9(14)4-8(7)13/h3-4H,15H2,1-2H3,(H,16,18). The highest BCUT2D eigenvalue weighted by molar-refractivity contribution is 6.04. The van der Waals surface area contributed by atoms with Crippen LogP contribution in [0.2, 0.25) is 0 Å². The van der Waals surface area contributed by atoms with E-state index in [4.69, 9.17) is 10.3 Å². The minimum atomic E-state index is -1.00. The van der Waals surface area contributed by atoms with Crippen molar-refractivity contribution in [3.63, 3.8) is 0 Å². The van der Waals surface area contributed by atoms with Crippen molar-refractivity contribution in [2.24, 2.45) is 0 Å². The second-order valence-corrected chi connectivity index (χ2v) is 4.03. The number of carbonyl (C=O) groups is 1. The molecule has 0 fully saturated rings. The quantitative estimate of drug-likeness (QED) is 0.819. The predicted octanol–water partition coefficient (Wildman–Crippen LogP) is 2.40. The van der Waals surface area contributed by atoms with Crippen LogP contribution in [0.3, 0.4) is 0 Å². The Bertz CT molecular complexity index is 653. The van der Waals surface area contributed by atoms with E-state index in [1.165, 1.54) is 0 Å². The molecular weight excluding hydrogens is 256 g/mol. The van der Waals surface area contributed by atoms with E-state index in [0.717, 1.165) is 6.07 Å². The van der Waals surface area contributed by atoms with Crippen molar-refractivity contribution in [2.45, 2.75) is 13.8 Å². The number of amides is 1. The van der Waals surface area contributed by atoms with Gasteiger partial charge in [0.15, 0.2) is 0 Å². The van der Waals surface area contributed by atoms with Crippen LogP contribution in [0.4, 0.5) is 20.4 Å². The number of aryl methyl sites for hydroxylation is 1. The lowest BCUT2D eigenvalue weighted by molar-refractivity contribution is 0.102. The first-order valence-electron chi connectivity index (χ1n) is 5.39. The largest absolute Gasteiger partial charge is 0.396 e. The van der Waals surface area contributed by atoms with E-state index < -0.39 is 17.5 Å². The van der Waals surface area contributed by atoms with Crippen LogP contribution in [0, 0.1) is 25.5 Å². The van der Waals surface area contributed by atoms with Gasteiger partial charge in [-0.3, -0.25) is 10.1 Å².